The van der Waals surface area contributed by atoms with E-state index in [9.17, 15) is 4.79 Å². The van der Waals surface area contributed by atoms with E-state index < -0.39 is 0 Å². The summed E-state index contributed by atoms with van der Waals surface area (Å²) in [4.78, 5) is 15.2. The maximum Gasteiger partial charge on any atom is 0.249 e. The Kier molecular flexibility index (Phi) is 8.41. The molecule has 2 aliphatic rings. The number of allylic oxidation sites excluding steroid dienone is 2. The number of amides is 1. The van der Waals surface area contributed by atoms with Gasteiger partial charge in [-0.2, -0.15) is 5.11 Å². The zero-order valence-electron chi connectivity index (χ0n) is 18.5. The molecule has 3 N–H and O–H groups in total. The van der Waals surface area contributed by atoms with Crippen molar-refractivity contribution in [3.8, 4) is 0 Å². The molecule has 1 aliphatic heterocycles. The molecule has 1 aromatic rings. The van der Waals surface area contributed by atoms with Crippen LogP contribution in [0.5, 0.6) is 0 Å². The van der Waals surface area contributed by atoms with Crippen molar-refractivity contribution in [1.82, 2.24) is 10.2 Å². The molecule has 7 heteroatoms. The lowest BCUT2D eigenvalue weighted by atomic mass is 9.96. The van der Waals surface area contributed by atoms with Gasteiger partial charge in [-0.25, -0.2) is 0 Å². The van der Waals surface area contributed by atoms with Crippen molar-refractivity contribution < 1.29 is 9.53 Å². The van der Waals surface area contributed by atoms with Crippen molar-refractivity contribution in [2.75, 3.05) is 13.1 Å². The van der Waals surface area contributed by atoms with Crippen molar-refractivity contribution in [1.29, 1.82) is 0 Å². The first-order valence-electron chi connectivity index (χ1n) is 11.1. The van der Waals surface area contributed by atoms with Crippen LogP contribution in [0.3, 0.4) is 0 Å². The maximum absolute atomic E-state index is 13.2. The molecule has 166 valence electrons. The number of nitrogens with two attached hydrogens (primary N) is 1. The lowest BCUT2D eigenvalue weighted by Crippen LogP contribution is -2.39. The predicted molar refractivity (Wildman–Crippen MR) is 122 cm³/mol. The molecule has 0 saturated heterocycles. The van der Waals surface area contributed by atoms with Crippen LogP contribution >= 0.6 is 0 Å². The average molecular weight is 424 g/mol. The van der Waals surface area contributed by atoms with Crippen LogP contribution in [0.1, 0.15) is 45.1 Å². The topological polar surface area (TPSA) is 92.3 Å². The standard InChI is InChI=1S/C24H33N5O2/c1-3-12-29(13-4-2)24(30)20-14-19-10-11-21(31-17-18-8-6-5-7-9-18)16-22(19)26-23(15-20)27-28-25/h5-11,14,22-23,26H,3-4,12-13,15-17H2,1-2H3,(H2,25,27). The number of fused-ring (bicyclic) bond motifs is 1. The molecule has 2 unspecified atom stereocenters. The van der Waals surface area contributed by atoms with E-state index in [0.29, 0.717) is 19.4 Å². The first kappa shape index (κ1) is 22.7. The SMILES string of the molecule is CCCN(CCC)C(=O)C1=CC2=CC=C(OCc3ccccc3)CC2NC(N=NN)C1. The summed E-state index contributed by atoms with van der Waals surface area (Å²) in [5.74, 6) is 6.31. The van der Waals surface area contributed by atoms with Gasteiger partial charge in [0.05, 0.1) is 5.76 Å². The number of carbonyl (C=O) groups is 1. The second-order valence-corrected chi connectivity index (χ2v) is 7.91. The summed E-state index contributed by atoms with van der Waals surface area (Å²) in [7, 11) is 0. The Bertz CT molecular complexity index is 854. The lowest BCUT2D eigenvalue weighted by molar-refractivity contribution is -0.127. The zero-order valence-corrected chi connectivity index (χ0v) is 18.5. The van der Waals surface area contributed by atoms with E-state index in [2.05, 4.69) is 29.5 Å². The molecule has 1 aromatic carbocycles. The van der Waals surface area contributed by atoms with E-state index in [-0.39, 0.29) is 18.1 Å². The molecule has 2 atom stereocenters. The number of nitrogens with one attached hydrogen (secondary N) is 1. The fraction of sp³-hybridized carbons (Fsp3) is 0.458. The van der Waals surface area contributed by atoms with Gasteiger partial charge in [-0.05, 0) is 36.1 Å². The summed E-state index contributed by atoms with van der Waals surface area (Å²) in [5, 5.41) is 11.1. The van der Waals surface area contributed by atoms with Gasteiger partial charge in [-0.15, -0.1) is 0 Å². The minimum Gasteiger partial charge on any atom is -0.493 e. The second-order valence-electron chi connectivity index (χ2n) is 7.91. The summed E-state index contributed by atoms with van der Waals surface area (Å²) in [6.45, 7) is 6.20. The van der Waals surface area contributed by atoms with Gasteiger partial charge < -0.3 is 15.5 Å². The molecule has 3 rings (SSSR count). The molecule has 0 aromatic heterocycles. The Morgan fingerprint density at radius 3 is 2.58 bits per heavy atom. The highest BCUT2D eigenvalue weighted by molar-refractivity contribution is 5.94. The maximum atomic E-state index is 13.2. The second kappa shape index (κ2) is 11.5. The minimum absolute atomic E-state index is 0.0117. The van der Waals surface area contributed by atoms with E-state index in [1.54, 1.807) is 0 Å². The van der Waals surface area contributed by atoms with E-state index >= 15 is 0 Å². The average Bonchev–Trinajstić information content (AvgIpc) is 2.96. The third-order valence-corrected chi connectivity index (χ3v) is 5.44. The lowest BCUT2D eigenvalue weighted by Gasteiger charge is -2.25. The fourth-order valence-corrected chi connectivity index (χ4v) is 3.97. The molecule has 0 bridgehead atoms. The van der Waals surface area contributed by atoms with Crippen LogP contribution in [-0.2, 0) is 16.1 Å². The number of hydrogen-bond acceptors (Lipinski definition) is 5. The van der Waals surface area contributed by atoms with Crippen LogP contribution in [0.2, 0.25) is 0 Å². The van der Waals surface area contributed by atoms with Gasteiger partial charge >= 0.3 is 0 Å². The molecule has 7 nitrogen and oxygen atoms in total. The summed E-state index contributed by atoms with van der Waals surface area (Å²) in [6, 6.07) is 10.1. The molecule has 0 radical (unpaired) electrons. The van der Waals surface area contributed by atoms with E-state index in [0.717, 1.165) is 48.4 Å². The molecular weight excluding hydrogens is 390 g/mol. The van der Waals surface area contributed by atoms with E-state index in [1.165, 1.54) is 0 Å². The summed E-state index contributed by atoms with van der Waals surface area (Å²) < 4.78 is 6.03. The Hall–Kier alpha value is -2.93. The molecule has 31 heavy (non-hydrogen) atoms. The highest BCUT2D eigenvalue weighted by atomic mass is 16.5. The number of benzene rings is 1. The van der Waals surface area contributed by atoms with Crippen LogP contribution in [0.15, 0.2) is 75.8 Å². The van der Waals surface area contributed by atoms with Crippen LogP contribution in [0, 0.1) is 0 Å². The van der Waals surface area contributed by atoms with Gasteiger partial charge in [-0.3, -0.25) is 10.1 Å². The minimum atomic E-state index is -0.352. The largest absolute Gasteiger partial charge is 0.493 e. The van der Waals surface area contributed by atoms with Gasteiger partial charge in [0, 0.05) is 37.5 Å². The van der Waals surface area contributed by atoms with Crippen LogP contribution < -0.4 is 11.2 Å². The van der Waals surface area contributed by atoms with Gasteiger partial charge in [0.15, 0.2) is 0 Å². The molecule has 0 spiro atoms. The molecule has 1 aliphatic carbocycles. The third-order valence-electron chi connectivity index (χ3n) is 5.44. The summed E-state index contributed by atoms with van der Waals surface area (Å²) >= 11 is 0. The van der Waals surface area contributed by atoms with Crippen LogP contribution in [-0.4, -0.2) is 36.1 Å². The molecule has 1 heterocycles. The van der Waals surface area contributed by atoms with Crippen molar-refractivity contribution in [2.45, 2.75) is 58.3 Å². The Morgan fingerprint density at radius 1 is 1.16 bits per heavy atom. The Morgan fingerprint density at radius 2 is 1.90 bits per heavy atom. The molecule has 0 fully saturated rings. The normalized spacial score (nSPS) is 20.9. The van der Waals surface area contributed by atoms with Crippen LogP contribution in [0.25, 0.3) is 0 Å². The Labute approximate surface area is 184 Å². The van der Waals surface area contributed by atoms with E-state index in [4.69, 9.17) is 10.6 Å². The van der Waals surface area contributed by atoms with Gasteiger partial charge in [0.25, 0.3) is 0 Å². The molecular formula is C24H33N5O2. The summed E-state index contributed by atoms with van der Waals surface area (Å²) in [5.41, 5.74) is 2.92. The number of hydrogen-bond donors (Lipinski definition) is 2. The monoisotopic (exact) mass is 423 g/mol. The van der Waals surface area contributed by atoms with Gasteiger partial charge in [0.1, 0.15) is 12.8 Å². The third kappa shape index (κ3) is 6.28. The molecule has 0 saturated carbocycles. The number of ether oxygens (including phenoxy) is 1. The van der Waals surface area contributed by atoms with Crippen molar-refractivity contribution >= 4 is 5.91 Å². The number of rotatable bonds is 9. The van der Waals surface area contributed by atoms with Crippen molar-refractivity contribution in [3.63, 3.8) is 0 Å². The number of nitrogens with zero attached hydrogens (tertiary/aromatic N) is 3. The highest BCUT2D eigenvalue weighted by Gasteiger charge is 2.30. The zero-order chi connectivity index (χ0) is 22.1. The molecule has 1 amide bonds. The van der Waals surface area contributed by atoms with Gasteiger partial charge in [0.2, 0.25) is 5.91 Å². The predicted octanol–water partition coefficient (Wildman–Crippen LogP) is 4.01. The van der Waals surface area contributed by atoms with Gasteiger partial charge in [-0.1, -0.05) is 55.5 Å². The highest BCUT2D eigenvalue weighted by Crippen LogP contribution is 2.28. The Balaban J connectivity index is 1.80. The first-order valence-corrected chi connectivity index (χ1v) is 11.1. The van der Waals surface area contributed by atoms with Crippen molar-refractivity contribution in [3.05, 3.63) is 71.0 Å². The van der Waals surface area contributed by atoms with E-state index in [1.807, 2.05) is 53.5 Å². The quantitative estimate of drug-likeness (QED) is 0.357. The summed E-state index contributed by atoms with van der Waals surface area (Å²) in [6.07, 6.45) is 8.68. The fourth-order valence-electron chi connectivity index (χ4n) is 3.97. The van der Waals surface area contributed by atoms with Crippen molar-refractivity contribution in [2.24, 2.45) is 16.2 Å². The first-order chi connectivity index (χ1) is 15.1. The number of carbonyl (C=O) groups excluding carboxylic acids is 1. The van der Waals surface area contributed by atoms with Crippen LogP contribution in [0.4, 0.5) is 0 Å². The smallest absolute Gasteiger partial charge is 0.249 e.